The highest BCUT2D eigenvalue weighted by atomic mass is 32.1. The lowest BCUT2D eigenvalue weighted by atomic mass is 10.1. The van der Waals surface area contributed by atoms with Crippen molar-refractivity contribution >= 4 is 34.6 Å². The minimum Gasteiger partial charge on any atom is -0.454 e. The summed E-state index contributed by atoms with van der Waals surface area (Å²) in [5.74, 6) is 0.871. The smallest absolute Gasteiger partial charge is 0.322 e. The summed E-state index contributed by atoms with van der Waals surface area (Å²) in [6.45, 7) is 4.78. The molecule has 1 saturated heterocycles. The van der Waals surface area contributed by atoms with E-state index in [0.29, 0.717) is 28.7 Å². The third-order valence-electron chi connectivity index (χ3n) is 5.69. The molecule has 33 heavy (non-hydrogen) atoms. The molecule has 2 aromatic carbocycles. The van der Waals surface area contributed by atoms with Crippen molar-refractivity contribution in [3.63, 3.8) is 0 Å². The number of carbonyl (C=O) groups is 2. The highest BCUT2D eigenvalue weighted by Crippen LogP contribution is 2.36. The van der Waals surface area contributed by atoms with Crippen LogP contribution < -0.4 is 20.1 Å². The molecular weight excluding hydrogens is 442 g/mol. The number of nitrogens with zero attached hydrogens (tertiary/aromatic N) is 3. The van der Waals surface area contributed by atoms with Crippen LogP contribution in [0.25, 0.3) is 0 Å². The Kier molecular flexibility index (Phi) is 5.59. The van der Waals surface area contributed by atoms with Crippen molar-refractivity contribution in [2.75, 3.05) is 24.0 Å². The van der Waals surface area contributed by atoms with Gasteiger partial charge in [-0.15, -0.1) is 10.2 Å². The van der Waals surface area contributed by atoms with Crippen LogP contribution in [0.1, 0.15) is 44.8 Å². The number of aromatic nitrogens is 2. The summed E-state index contributed by atoms with van der Waals surface area (Å²) >= 11 is 1.20. The van der Waals surface area contributed by atoms with E-state index in [4.69, 9.17) is 9.47 Å². The maximum Gasteiger partial charge on any atom is 0.322 e. The molecule has 9 nitrogen and oxygen atoms in total. The molecule has 0 spiro atoms. The van der Waals surface area contributed by atoms with E-state index in [1.165, 1.54) is 11.3 Å². The zero-order valence-electron chi connectivity index (χ0n) is 18.3. The number of hydrogen-bond acceptors (Lipinski definition) is 7. The Bertz CT molecular complexity index is 1230. The van der Waals surface area contributed by atoms with Crippen molar-refractivity contribution in [1.29, 1.82) is 0 Å². The fourth-order valence-corrected chi connectivity index (χ4v) is 4.91. The van der Waals surface area contributed by atoms with Crippen LogP contribution in [0.15, 0.2) is 36.4 Å². The predicted octanol–water partition coefficient (Wildman–Crippen LogP) is 4.50. The molecule has 3 aromatic rings. The number of amides is 3. The molecule has 1 atom stereocenters. The molecule has 3 heterocycles. The Morgan fingerprint density at radius 1 is 1.06 bits per heavy atom. The molecule has 0 radical (unpaired) electrons. The number of carbonyl (C=O) groups excluding carboxylic acids is 2. The topological polar surface area (TPSA) is 106 Å². The summed E-state index contributed by atoms with van der Waals surface area (Å²) in [4.78, 5) is 27.4. The summed E-state index contributed by atoms with van der Waals surface area (Å²) in [5.41, 5.74) is 3.52. The van der Waals surface area contributed by atoms with Gasteiger partial charge in [-0.1, -0.05) is 29.0 Å². The lowest BCUT2D eigenvalue weighted by Crippen LogP contribution is -2.34. The molecule has 1 aromatic heterocycles. The van der Waals surface area contributed by atoms with Crippen molar-refractivity contribution in [3.8, 4) is 11.5 Å². The fourth-order valence-electron chi connectivity index (χ4n) is 4.03. The minimum atomic E-state index is -0.359. The number of urea groups is 1. The number of ether oxygens (including phenoxy) is 2. The van der Waals surface area contributed by atoms with Gasteiger partial charge in [0.15, 0.2) is 11.5 Å². The number of aryl methyl sites for hydroxylation is 2. The van der Waals surface area contributed by atoms with Crippen LogP contribution in [0.3, 0.4) is 0 Å². The molecule has 0 bridgehead atoms. The van der Waals surface area contributed by atoms with Crippen LogP contribution in [0.4, 0.5) is 16.2 Å². The molecule has 0 aliphatic carbocycles. The van der Waals surface area contributed by atoms with Gasteiger partial charge in [-0.25, -0.2) is 4.79 Å². The average molecular weight is 466 g/mol. The molecule has 2 aliphatic rings. The fraction of sp³-hybridized carbons (Fsp3) is 0.304. The lowest BCUT2D eigenvalue weighted by molar-refractivity contribution is 0.102. The number of hydrogen-bond donors (Lipinski definition) is 2. The maximum absolute atomic E-state index is 13.0. The normalized spacial score (nSPS) is 16.7. The Labute approximate surface area is 194 Å². The van der Waals surface area contributed by atoms with Gasteiger partial charge in [0, 0.05) is 24.0 Å². The average Bonchev–Trinajstić information content (AvgIpc) is 3.55. The van der Waals surface area contributed by atoms with E-state index in [1.54, 1.807) is 23.1 Å². The molecule has 0 saturated carbocycles. The van der Waals surface area contributed by atoms with E-state index < -0.39 is 0 Å². The standard InChI is InChI=1S/C23H23N5O4S/c1-13-5-7-16(14(2)10-13)25-23(30)28-9-3-4-17(28)21-26-27-22(33-21)20(29)24-15-6-8-18-19(11-15)32-12-31-18/h5-8,10-11,17H,3-4,9,12H2,1-2H3,(H,24,29)(H,25,30)/t17-/m1/s1. The second-order valence-corrected chi connectivity index (χ2v) is 9.08. The number of anilines is 2. The van der Waals surface area contributed by atoms with Gasteiger partial charge < -0.3 is 25.0 Å². The zero-order valence-corrected chi connectivity index (χ0v) is 19.1. The Morgan fingerprint density at radius 3 is 2.76 bits per heavy atom. The van der Waals surface area contributed by atoms with Gasteiger partial charge in [-0.05, 0) is 50.5 Å². The first-order valence-electron chi connectivity index (χ1n) is 10.7. The quantitative estimate of drug-likeness (QED) is 0.588. The van der Waals surface area contributed by atoms with E-state index in [0.717, 1.165) is 29.7 Å². The summed E-state index contributed by atoms with van der Waals surface area (Å²) in [5, 5.41) is 15.0. The molecule has 1 fully saturated rings. The summed E-state index contributed by atoms with van der Waals surface area (Å²) < 4.78 is 10.6. The second-order valence-electron chi connectivity index (χ2n) is 8.07. The van der Waals surface area contributed by atoms with E-state index in [1.807, 2.05) is 32.0 Å². The highest BCUT2D eigenvalue weighted by molar-refractivity contribution is 7.13. The van der Waals surface area contributed by atoms with Gasteiger partial charge >= 0.3 is 6.03 Å². The van der Waals surface area contributed by atoms with E-state index in [9.17, 15) is 9.59 Å². The predicted molar refractivity (Wildman–Crippen MR) is 124 cm³/mol. The van der Waals surface area contributed by atoms with Gasteiger partial charge in [-0.3, -0.25) is 4.79 Å². The van der Waals surface area contributed by atoms with Crippen molar-refractivity contribution in [2.45, 2.75) is 32.7 Å². The van der Waals surface area contributed by atoms with Crippen molar-refractivity contribution in [3.05, 3.63) is 57.5 Å². The summed E-state index contributed by atoms with van der Waals surface area (Å²) in [6.07, 6.45) is 1.64. The zero-order chi connectivity index (χ0) is 22.9. The molecule has 0 unspecified atom stereocenters. The first-order valence-corrected chi connectivity index (χ1v) is 11.5. The largest absolute Gasteiger partial charge is 0.454 e. The highest BCUT2D eigenvalue weighted by Gasteiger charge is 2.33. The lowest BCUT2D eigenvalue weighted by Gasteiger charge is -2.23. The molecule has 3 amide bonds. The van der Waals surface area contributed by atoms with E-state index >= 15 is 0 Å². The Morgan fingerprint density at radius 2 is 1.91 bits per heavy atom. The van der Waals surface area contributed by atoms with Gasteiger partial charge in [0.1, 0.15) is 5.01 Å². The van der Waals surface area contributed by atoms with E-state index in [-0.39, 0.29) is 29.8 Å². The van der Waals surface area contributed by atoms with Gasteiger partial charge in [0.2, 0.25) is 11.8 Å². The van der Waals surface area contributed by atoms with Crippen LogP contribution in [-0.2, 0) is 0 Å². The minimum absolute atomic E-state index is 0.168. The van der Waals surface area contributed by atoms with Gasteiger partial charge in [0.05, 0.1) is 6.04 Å². The van der Waals surface area contributed by atoms with Crippen molar-refractivity contribution in [1.82, 2.24) is 15.1 Å². The molecule has 2 aliphatic heterocycles. The van der Waals surface area contributed by atoms with Crippen molar-refractivity contribution < 1.29 is 19.1 Å². The summed E-state index contributed by atoms with van der Waals surface area (Å²) in [7, 11) is 0. The third-order valence-corrected chi connectivity index (χ3v) is 6.71. The van der Waals surface area contributed by atoms with Crippen LogP contribution in [0.2, 0.25) is 0 Å². The number of rotatable bonds is 4. The van der Waals surface area contributed by atoms with Gasteiger partial charge in [0.25, 0.3) is 5.91 Å². The number of benzene rings is 2. The number of fused-ring (bicyclic) bond motifs is 1. The van der Waals surface area contributed by atoms with Crippen LogP contribution in [0.5, 0.6) is 11.5 Å². The van der Waals surface area contributed by atoms with Crippen LogP contribution in [0, 0.1) is 13.8 Å². The van der Waals surface area contributed by atoms with Crippen LogP contribution in [-0.4, -0.2) is 40.4 Å². The first-order chi connectivity index (χ1) is 16.0. The van der Waals surface area contributed by atoms with E-state index in [2.05, 4.69) is 20.8 Å². The Hall–Kier alpha value is -3.66. The summed E-state index contributed by atoms with van der Waals surface area (Å²) in [6, 6.07) is 10.7. The molecular formula is C23H23N5O4S. The second kappa shape index (κ2) is 8.70. The van der Waals surface area contributed by atoms with Crippen LogP contribution >= 0.6 is 11.3 Å². The number of nitrogens with one attached hydrogen (secondary N) is 2. The first kappa shape index (κ1) is 21.2. The maximum atomic E-state index is 13.0. The third kappa shape index (κ3) is 4.34. The Balaban J connectivity index is 1.27. The van der Waals surface area contributed by atoms with Crippen molar-refractivity contribution in [2.24, 2.45) is 0 Å². The van der Waals surface area contributed by atoms with Gasteiger partial charge in [-0.2, -0.15) is 0 Å². The molecule has 10 heteroatoms. The number of likely N-dealkylation sites (tertiary alicyclic amines) is 1. The SMILES string of the molecule is Cc1ccc(NC(=O)N2CCC[C@@H]2c2nnc(C(=O)Nc3ccc4c(c3)OCO4)s2)c(C)c1. The molecule has 2 N–H and O–H groups in total. The molecule has 170 valence electrons. The monoisotopic (exact) mass is 465 g/mol. The molecule has 5 rings (SSSR count).